The average molecular weight is 361 g/mol. The maximum absolute atomic E-state index is 11.9. The van der Waals surface area contributed by atoms with E-state index in [1.807, 2.05) is 0 Å². The van der Waals surface area contributed by atoms with Crippen LogP contribution in [0.1, 0.15) is 54.4 Å². The molecule has 1 saturated carbocycles. The maximum Gasteiger partial charge on any atom is 0.337 e. The Morgan fingerprint density at radius 3 is 2.38 bits per heavy atom. The SMILES string of the molecule is COC(=O)c1ccc(CNC(=O)CCNC(=O)NC2CCCCC2)cc1. The Bertz CT molecular complexity index is 610. The van der Waals surface area contributed by atoms with Crippen LogP contribution < -0.4 is 16.0 Å². The highest BCUT2D eigenvalue weighted by Crippen LogP contribution is 2.17. The van der Waals surface area contributed by atoms with Crippen LogP contribution in [0.5, 0.6) is 0 Å². The second kappa shape index (κ2) is 10.4. The van der Waals surface area contributed by atoms with E-state index >= 15 is 0 Å². The molecule has 26 heavy (non-hydrogen) atoms. The van der Waals surface area contributed by atoms with Gasteiger partial charge in [0.25, 0.3) is 0 Å². The first-order valence-corrected chi connectivity index (χ1v) is 9.07. The van der Waals surface area contributed by atoms with E-state index in [0.29, 0.717) is 18.7 Å². The molecule has 7 heteroatoms. The molecule has 142 valence electrons. The molecule has 2 rings (SSSR count). The van der Waals surface area contributed by atoms with E-state index < -0.39 is 5.97 Å². The molecule has 0 spiro atoms. The van der Waals surface area contributed by atoms with Gasteiger partial charge in [-0.2, -0.15) is 0 Å². The summed E-state index contributed by atoms with van der Waals surface area (Å²) in [6.45, 7) is 0.667. The molecule has 0 atom stereocenters. The van der Waals surface area contributed by atoms with E-state index in [1.165, 1.54) is 13.5 Å². The third-order valence-electron chi connectivity index (χ3n) is 4.44. The van der Waals surface area contributed by atoms with E-state index in [4.69, 9.17) is 0 Å². The smallest absolute Gasteiger partial charge is 0.337 e. The molecule has 3 N–H and O–H groups in total. The van der Waals surface area contributed by atoms with E-state index in [9.17, 15) is 14.4 Å². The van der Waals surface area contributed by atoms with Crippen LogP contribution in [-0.2, 0) is 16.1 Å². The summed E-state index contributed by atoms with van der Waals surface area (Å²) in [6.07, 6.45) is 5.84. The van der Waals surface area contributed by atoms with E-state index in [1.54, 1.807) is 24.3 Å². The molecule has 0 radical (unpaired) electrons. The van der Waals surface area contributed by atoms with Gasteiger partial charge >= 0.3 is 12.0 Å². The zero-order chi connectivity index (χ0) is 18.8. The summed E-state index contributed by atoms with van der Waals surface area (Å²) in [4.78, 5) is 35.0. The van der Waals surface area contributed by atoms with Crippen LogP contribution in [0.2, 0.25) is 0 Å². The summed E-state index contributed by atoms with van der Waals surface area (Å²) in [5, 5.41) is 8.46. The number of benzene rings is 1. The second-order valence-electron chi connectivity index (χ2n) is 6.45. The topological polar surface area (TPSA) is 96.5 Å². The lowest BCUT2D eigenvalue weighted by Gasteiger charge is -2.22. The van der Waals surface area contributed by atoms with Gasteiger partial charge in [0.2, 0.25) is 5.91 Å². The van der Waals surface area contributed by atoms with Crippen LogP contribution in [0.3, 0.4) is 0 Å². The fraction of sp³-hybridized carbons (Fsp3) is 0.526. The van der Waals surface area contributed by atoms with Crippen molar-refractivity contribution >= 4 is 17.9 Å². The first-order valence-electron chi connectivity index (χ1n) is 9.07. The number of hydrogen-bond acceptors (Lipinski definition) is 4. The number of amides is 3. The summed E-state index contributed by atoms with van der Waals surface area (Å²) in [6, 6.07) is 6.90. The largest absolute Gasteiger partial charge is 0.465 e. The molecule has 0 aliphatic heterocycles. The third kappa shape index (κ3) is 6.74. The highest BCUT2D eigenvalue weighted by Gasteiger charge is 2.15. The van der Waals surface area contributed by atoms with Gasteiger partial charge in [0.1, 0.15) is 0 Å². The molecule has 1 aromatic rings. The summed E-state index contributed by atoms with van der Waals surface area (Å²) in [5.74, 6) is -0.529. The minimum atomic E-state index is -0.391. The lowest BCUT2D eigenvalue weighted by molar-refractivity contribution is -0.121. The summed E-state index contributed by atoms with van der Waals surface area (Å²) < 4.78 is 4.64. The maximum atomic E-state index is 11.9. The van der Waals surface area contributed by atoms with E-state index in [0.717, 1.165) is 31.2 Å². The van der Waals surface area contributed by atoms with Gasteiger partial charge in [-0.05, 0) is 30.5 Å². The molecular formula is C19H27N3O4. The van der Waals surface area contributed by atoms with Crippen LogP contribution in [0, 0.1) is 0 Å². The van der Waals surface area contributed by atoms with Crippen molar-refractivity contribution in [2.24, 2.45) is 0 Å². The molecular weight excluding hydrogens is 334 g/mol. The lowest BCUT2D eigenvalue weighted by Crippen LogP contribution is -2.43. The summed E-state index contributed by atoms with van der Waals surface area (Å²) in [5.41, 5.74) is 1.35. The van der Waals surface area contributed by atoms with Crippen molar-refractivity contribution in [2.75, 3.05) is 13.7 Å². The molecule has 0 heterocycles. The Morgan fingerprint density at radius 1 is 1.04 bits per heavy atom. The number of carbonyl (C=O) groups is 3. The van der Waals surface area contributed by atoms with Gasteiger partial charge in [0.15, 0.2) is 0 Å². The minimum Gasteiger partial charge on any atom is -0.465 e. The standard InChI is InChI=1S/C19H27N3O4/c1-26-18(24)15-9-7-14(8-10-15)13-21-17(23)11-12-20-19(25)22-16-5-3-2-4-6-16/h7-10,16H,2-6,11-13H2,1H3,(H,21,23)(H2,20,22,25). The van der Waals surface area contributed by atoms with Crippen LogP contribution in [0.4, 0.5) is 4.79 Å². The normalized spacial score (nSPS) is 14.3. The fourth-order valence-electron chi connectivity index (χ4n) is 2.94. The molecule has 0 unspecified atom stereocenters. The van der Waals surface area contributed by atoms with Gasteiger partial charge < -0.3 is 20.7 Å². The van der Waals surface area contributed by atoms with Crippen LogP contribution >= 0.6 is 0 Å². The molecule has 1 aliphatic carbocycles. The number of rotatable bonds is 7. The van der Waals surface area contributed by atoms with Gasteiger partial charge in [0, 0.05) is 25.6 Å². The minimum absolute atomic E-state index is 0.139. The molecule has 1 fully saturated rings. The first-order chi connectivity index (χ1) is 12.6. The van der Waals surface area contributed by atoms with Gasteiger partial charge in [-0.3, -0.25) is 4.79 Å². The lowest BCUT2D eigenvalue weighted by atomic mass is 9.96. The highest BCUT2D eigenvalue weighted by molar-refractivity contribution is 5.89. The monoisotopic (exact) mass is 361 g/mol. The molecule has 1 aromatic carbocycles. The van der Waals surface area contributed by atoms with Crippen LogP contribution in [0.15, 0.2) is 24.3 Å². The molecule has 3 amide bonds. The number of urea groups is 1. The molecule has 7 nitrogen and oxygen atoms in total. The number of hydrogen-bond donors (Lipinski definition) is 3. The average Bonchev–Trinajstić information content (AvgIpc) is 2.67. The Labute approximate surface area is 153 Å². The molecule has 0 aromatic heterocycles. The van der Waals surface area contributed by atoms with Crippen LogP contribution in [0.25, 0.3) is 0 Å². The Kier molecular flexibility index (Phi) is 7.92. The Hall–Kier alpha value is -2.57. The number of carbonyl (C=O) groups excluding carboxylic acids is 3. The zero-order valence-electron chi connectivity index (χ0n) is 15.2. The van der Waals surface area contributed by atoms with Crippen LogP contribution in [-0.4, -0.2) is 37.6 Å². The van der Waals surface area contributed by atoms with Gasteiger partial charge in [-0.25, -0.2) is 9.59 Å². The van der Waals surface area contributed by atoms with Gasteiger partial charge in [0.05, 0.1) is 12.7 Å². The number of nitrogens with one attached hydrogen (secondary N) is 3. The second-order valence-corrected chi connectivity index (χ2v) is 6.45. The van der Waals surface area contributed by atoms with Gasteiger partial charge in [-0.15, -0.1) is 0 Å². The predicted molar refractivity (Wildman–Crippen MR) is 97.7 cm³/mol. The van der Waals surface area contributed by atoms with Crippen molar-refractivity contribution in [3.05, 3.63) is 35.4 Å². The quantitative estimate of drug-likeness (QED) is 0.648. The van der Waals surface area contributed by atoms with Gasteiger partial charge in [-0.1, -0.05) is 31.4 Å². The van der Waals surface area contributed by atoms with Crippen molar-refractivity contribution in [3.63, 3.8) is 0 Å². The molecule has 0 saturated heterocycles. The van der Waals surface area contributed by atoms with Crippen molar-refractivity contribution in [3.8, 4) is 0 Å². The first kappa shape index (κ1) is 19.8. The third-order valence-corrected chi connectivity index (χ3v) is 4.44. The number of ether oxygens (including phenoxy) is 1. The molecule has 1 aliphatic rings. The Balaban J connectivity index is 1.61. The number of esters is 1. The zero-order valence-corrected chi connectivity index (χ0v) is 15.2. The van der Waals surface area contributed by atoms with E-state index in [-0.39, 0.29) is 24.4 Å². The number of methoxy groups -OCH3 is 1. The predicted octanol–water partition coefficient (Wildman–Crippen LogP) is 2.11. The van der Waals surface area contributed by atoms with Crippen molar-refractivity contribution in [1.29, 1.82) is 0 Å². The summed E-state index contributed by atoms with van der Waals surface area (Å²) >= 11 is 0. The highest BCUT2D eigenvalue weighted by atomic mass is 16.5. The molecule has 0 bridgehead atoms. The fourth-order valence-corrected chi connectivity index (χ4v) is 2.94. The Morgan fingerprint density at radius 2 is 1.73 bits per heavy atom. The summed E-state index contributed by atoms with van der Waals surface area (Å²) in [7, 11) is 1.33. The van der Waals surface area contributed by atoms with Crippen molar-refractivity contribution < 1.29 is 19.1 Å². The van der Waals surface area contributed by atoms with Crippen molar-refractivity contribution in [2.45, 2.75) is 51.1 Å². The van der Waals surface area contributed by atoms with E-state index in [2.05, 4.69) is 20.7 Å². The van der Waals surface area contributed by atoms with Crippen molar-refractivity contribution in [1.82, 2.24) is 16.0 Å².